The molecule has 2 atom stereocenters. The molecule has 1 aliphatic rings. The molecule has 0 saturated carbocycles. The Morgan fingerprint density at radius 2 is 2.20 bits per heavy atom. The highest BCUT2D eigenvalue weighted by atomic mass is 16.5. The van der Waals surface area contributed by atoms with Crippen molar-refractivity contribution in [1.29, 1.82) is 0 Å². The van der Waals surface area contributed by atoms with Crippen molar-refractivity contribution in [2.24, 2.45) is 5.92 Å². The Balaban J connectivity index is 1.80. The minimum absolute atomic E-state index is 0.370. The maximum Gasteiger partial charge on any atom is 0.122 e. The van der Waals surface area contributed by atoms with Crippen molar-refractivity contribution in [1.82, 2.24) is 4.90 Å². The van der Waals surface area contributed by atoms with E-state index >= 15 is 0 Å². The molecule has 1 fully saturated rings. The highest BCUT2D eigenvalue weighted by molar-refractivity contribution is 5.38. The van der Waals surface area contributed by atoms with Gasteiger partial charge in [-0.3, -0.25) is 0 Å². The summed E-state index contributed by atoms with van der Waals surface area (Å²) in [5, 5.41) is 10.1. The van der Waals surface area contributed by atoms with Gasteiger partial charge in [0, 0.05) is 13.1 Å². The zero-order valence-electron chi connectivity index (χ0n) is 12.9. The molecule has 2 rings (SSSR count). The van der Waals surface area contributed by atoms with E-state index in [1.807, 2.05) is 12.1 Å². The molecule has 112 valence electrons. The lowest BCUT2D eigenvalue weighted by Crippen LogP contribution is -2.41. The number of β-amino-alcohol motifs (C(OH)–C–C–N with tert-alkyl or cyclic N) is 1. The maximum absolute atomic E-state index is 10.1. The van der Waals surface area contributed by atoms with E-state index in [0.717, 1.165) is 36.9 Å². The number of aryl methyl sites for hydroxylation is 1. The third-order valence-electron chi connectivity index (χ3n) is 4.20. The lowest BCUT2D eigenvalue weighted by molar-refractivity contribution is 0.0535. The fourth-order valence-corrected chi connectivity index (χ4v) is 2.87. The largest absolute Gasteiger partial charge is 0.491 e. The summed E-state index contributed by atoms with van der Waals surface area (Å²) in [5.41, 5.74) is 2.38. The van der Waals surface area contributed by atoms with Crippen LogP contribution in [-0.4, -0.2) is 42.4 Å². The molecule has 0 aliphatic carbocycles. The van der Waals surface area contributed by atoms with Crippen LogP contribution in [0.1, 0.15) is 30.9 Å². The third kappa shape index (κ3) is 4.22. The van der Waals surface area contributed by atoms with Gasteiger partial charge in [-0.25, -0.2) is 0 Å². The predicted octanol–water partition coefficient (Wildman–Crippen LogP) is 2.78. The number of likely N-dealkylation sites (tertiary alicyclic amines) is 1. The zero-order valence-corrected chi connectivity index (χ0v) is 12.9. The number of ether oxygens (including phenoxy) is 1. The summed E-state index contributed by atoms with van der Waals surface area (Å²) in [4.78, 5) is 2.35. The summed E-state index contributed by atoms with van der Waals surface area (Å²) in [6.07, 6.45) is 2.14. The molecule has 1 aliphatic heterocycles. The van der Waals surface area contributed by atoms with Gasteiger partial charge in [0.1, 0.15) is 18.5 Å². The molecule has 1 aromatic carbocycles. The second-order valence-corrected chi connectivity index (χ2v) is 6.17. The topological polar surface area (TPSA) is 32.7 Å². The van der Waals surface area contributed by atoms with Gasteiger partial charge in [0.15, 0.2) is 0 Å². The maximum atomic E-state index is 10.1. The molecule has 3 heteroatoms. The smallest absolute Gasteiger partial charge is 0.122 e. The lowest BCUT2D eigenvalue weighted by Gasteiger charge is -2.32. The van der Waals surface area contributed by atoms with E-state index in [2.05, 4.69) is 31.7 Å². The van der Waals surface area contributed by atoms with Crippen LogP contribution in [0.5, 0.6) is 5.75 Å². The van der Waals surface area contributed by atoms with Crippen molar-refractivity contribution in [3.05, 3.63) is 29.3 Å². The molecule has 0 bridgehead atoms. The minimum Gasteiger partial charge on any atom is -0.491 e. The van der Waals surface area contributed by atoms with Crippen LogP contribution in [-0.2, 0) is 0 Å². The molecule has 3 nitrogen and oxygen atoms in total. The number of piperidine rings is 1. The Morgan fingerprint density at radius 1 is 1.40 bits per heavy atom. The molecule has 0 radical (unpaired) electrons. The Morgan fingerprint density at radius 3 is 2.95 bits per heavy atom. The standard InChI is InChI=1S/C17H27NO2/c1-13-6-5-9-18(10-13)11-16(19)12-20-17-8-4-7-14(2)15(17)3/h4,7-8,13,16,19H,5-6,9-12H2,1-3H3/t13-,16-/m0/s1. The van der Waals surface area contributed by atoms with Gasteiger partial charge >= 0.3 is 0 Å². The van der Waals surface area contributed by atoms with Gasteiger partial charge in [-0.15, -0.1) is 0 Å². The average Bonchev–Trinajstić information content (AvgIpc) is 2.40. The SMILES string of the molecule is Cc1cccc(OC[C@@H](O)CN2CCC[C@H](C)C2)c1C. The van der Waals surface area contributed by atoms with E-state index in [1.54, 1.807) is 0 Å². The summed E-state index contributed by atoms with van der Waals surface area (Å²) in [6, 6.07) is 6.04. The van der Waals surface area contributed by atoms with Gasteiger partial charge < -0.3 is 14.7 Å². The van der Waals surface area contributed by atoms with Gasteiger partial charge in [-0.05, 0) is 56.3 Å². The van der Waals surface area contributed by atoms with Gasteiger partial charge in [0.2, 0.25) is 0 Å². The second-order valence-electron chi connectivity index (χ2n) is 6.17. The Kier molecular flexibility index (Phi) is 5.44. The molecule has 1 N–H and O–H groups in total. The van der Waals surface area contributed by atoms with E-state index in [1.165, 1.54) is 18.4 Å². The fourth-order valence-electron chi connectivity index (χ4n) is 2.87. The van der Waals surface area contributed by atoms with Gasteiger partial charge in [0.25, 0.3) is 0 Å². The van der Waals surface area contributed by atoms with Crippen LogP contribution in [0.15, 0.2) is 18.2 Å². The van der Waals surface area contributed by atoms with Crippen molar-refractivity contribution in [2.45, 2.75) is 39.7 Å². The lowest BCUT2D eigenvalue weighted by atomic mass is 10.0. The van der Waals surface area contributed by atoms with Crippen LogP contribution < -0.4 is 4.74 Å². The zero-order chi connectivity index (χ0) is 14.5. The van der Waals surface area contributed by atoms with Crippen LogP contribution in [0.2, 0.25) is 0 Å². The number of hydrogen-bond acceptors (Lipinski definition) is 3. The quantitative estimate of drug-likeness (QED) is 0.898. The number of aliphatic hydroxyl groups is 1. The summed E-state index contributed by atoms with van der Waals surface area (Å²) >= 11 is 0. The first-order valence-electron chi connectivity index (χ1n) is 7.65. The molecule has 1 heterocycles. The van der Waals surface area contributed by atoms with Gasteiger partial charge in [0.05, 0.1) is 0 Å². The van der Waals surface area contributed by atoms with Crippen LogP contribution in [0, 0.1) is 19.8 Å². The molecule has 1 aromatic rings. The summed E-state index contributed by atoms with van der Waals surface area (Å²) in [7, 11) is 0. The number of nitrogens with zero attached hydrogens (tertiary/aromatic N) is 1. The Hall–Kier alpha value is -1.06. The number of rotatable bonds is 5. The molecule has 0 spiro atoms. The van der Waals surface area contributed by atoms with E-state index in [0.29, 0.717) is 6.61 Å². The van der Waals surface area contributed by atoms with Crippen molar-refractivity contribution in [3.8, 4) is 5.75 Å². The first-order chi connectivity index (χ1) is 9.56. The first kappa shape index (κ1) is 15.3. The fraction of sp³-hybridized carbons (Fsp3) is 0.647. The number of benzene rings is 1. The number of aliphatic hydroxyl groups excluding tert-OH is 1. The van der Waals surface area contributed by atoms with Crippen molar-refractivity contribution < 1.29 is 9.84 Å². The van der Waals surface area contributed by atoms with Gasteiger partial charge in [-0.1, -0.05) is 19.1 Å². The van der Waals surface area contributed by atoms with E-state index in [4.69, 9.17) is 4.74 Å². The Labute approximate surface area is 122 Å². The Bertz CT molecular complexity index is 433. The normalized spacial score (nSPS) is 21.7. The van der Waals surface area contributed by atoms with Gasteiger partial charge in [-0.2, -0.15) is 0 Å². The summed E-state index contributed by atoms with van der Waals surface area (Å²) < 4.78 is 5.77. The minimum atomic E-state index is -0.416. The predicted molar refractivity (Wildman–Crippen MR) is 82.3 cm³/mol. The van der Waals surface area contributed by atoms with Crippen molar-refractivity contribution in [3.63, 3.8) is 0 Å². The highest BCUT2D eigenvalue weighted by Gasteiger charge is 2.19. The third-order valence-corrected chi connectivity index (χ3v) is 4.20. The van der Waals surface area contributed by atoms with Crippen LogP contribution in [0.4, 0.5) is 0 Å². The molecule has 20 heavy (non-hydrogen) atoms. The average molecular weight is 277 g/mol. The first-order valence-corrected chi connectivity index (χ1v) is 7.65. The molecular formula is C17H27NO2. The molecule has 0 aromatic heterocycles. The van der Waals surface area contributed by atoms with E-state index in [9.17, 15) is 5.11 Å². The van der Waals surface area contributed by atoms with E-state index < -0.39 is 6.10 Å². The van der Waals surface area contributed by atoms with Crippen LogP contribution >= 0.6 is 0 Å². The van der Waals surface area contributed by atoms with E-state index in [-0.39, 0.29) is 0 Å². The summed E-state index contributed by atoms with van der Waals surface area (Å²) in [6.45, 7) is 9.71. The molecule has 0 amide bonds. The summed E-state index contributed by atoms with van der Waals surface area (Å²) in [5.74, 6) is 1.63. The highest BCUT2D eigenvalue weighted by Crippen LogP contribution is 2.21. The van der Waals surface area contributed by atoms with Crippen molar-refractivity contribution >= 4 is 0 Å². The second kappa shape index (κ2) is 7.09. The number of hydrogen-bond donors (Lipinski definition) is 1. The molecule has 1 saturated heterocycles. The van der Waals surface area contributed by atoms with Crippen molar-refractivity contribution in [2.75, 3.05) is 26.2 Å². The molecular weight excluding hydrogens is 250 g/mol. The van der Waals surface area contributed by atoms with Crippen LogP contribution in [0.3, 0.4) is 0 Å². The monoisotopic (exact) mass is 277 g/mol. The molecule has 0 unspecified atom stereocenters. The van der Waals surface area contributed by atoms with Crippen LogP contribution in [0.25, 0.3) is 0 Å².